The second kappa shape index (κ2) is 7.14. The molecule has 0 aromatic heterocycles. The Bertz CT molecular complexity index is 373. The lowest BCUT2D eigenvalue weighted by Gasteiger charge is -2.17. The summed E-state index contributed by atoms with van der Waals surface area (Å²) in [5, 5.41) is 2.90. The van der Waals surface area contributed by atoms with Crippen molar-refractivity contribution in [2.24, 2.45) is 0 Å². The standard InChI is InChI=1S/C15H22FNO/c1-4-5-13(10-15(18)17-11(2)3)12-6-8-14(16)9-7-12/h6-9,11,13H,4-5,10H2,1-3H3,(H,17,18). The van der Waals surface area contributed by atoms with Gasteiger partial charge in [-0.15, -0.1) is 0 Å². The van der Waals surface area contributed by atoms with Gasteiger partial charge in [-0.3, -0.25) is 4.79 Å². The van der Waals surface area contributed by atoms with Crippen molar-refractivity contribution < 1.29 is 9.18 Å². The van der Waals surface area contributed by atoms with E-state index in [2.05, 4.69) is 12.2 Å². The van der Waals surface area contributed by atoms with E-state index >= 15 is 0 Å². The number of hydrogen-bond donors (Lipinski definition) is 1. The number of halogens is 1. The first-order valence-electron chi connectivity index (χ1n) is 6.57. The summed E-state index contributed by atoms with van der Waals surface area (Å²) in [6.07, 6.45) is 2.42. The number of rotatable bonds is 6. The highest BCUT2D eigenvalue weighted by Crippen LogP contribution is 2.25. The van der Waals surface area contributed by atoms with Gasteiger partial charge in [0.2, 0.25) is 5.91 Å². The lowest BCUT2D eigenvalue weighted by Crippen LogP contribution is -2.31. The average Bonchev–Trinajstić information content (AvgIpc) is 2.28. The molecule has 0 heterocycles. The van der Waals surface area contributed by atoms with E-state index in [0.717, 1.165) is 18.4 Å². The van der Waals surface area contributed by atoms with E-state index in [4.69, 9.17) is 0 Å². The topological polar surface area (TPSA) is 29.1 Å². The van der Waals surface area contributed by atoms with E-state index in [0.29, 0.717) is 6.42 Å². The molecule has 18 heavy (non-hydrogen) atoms. The number of carbonyl (C=O) groups is 1. The monoisotopic (exact) mass is 251 g/mol. The van der Waals surface area contributed by atoms with Crippen molar-refractivity contribution in [3.05, 3.63) is 35.6 Å². The van der Waals surface area contributed by atoms with Gasteiger partial charge in [0.15, 0.2) is 0 Å². The van der Waals surface area contributed by atoms with Crippen LogP contribution in [0.1, 0.15) is 51.5 Å². The van der Waals surface area contributed by atoms with Gasteiger partial charge >= 0.3 is 0 Å². The van der Waals surface area contributed by atoms with Gasteiger partial charge in [-0.05, 0) is 43.9 Å². The van der Waals surface area contributed by atoms with Crippen molar-refractivity contribution in [2.75, 3.05) is 0 Å². The first kappa shape index (κ1) is 14.7. The third-order valence-corrected chi connectivity index (χ3v) is 2.86. The van der Waals surface area contributed by atoms with Crippen molar-refractivity contribution in [1.29, 1.82) is 0 Å². The molecule has 1 atom stereocenters. The van der Waals surface area contributed by atoms with Gasteiger partial charge in [0.1, 0.15) is 5.82 Å². The predicted molar refractivity (Wildman–Crippen MR) is 71.9 cm³/mol. The lowest BCUT2D eigenvalue weighted by atomic mass is 9.91. The molecule has 1 aromatic rings. The molecule has 0 radical (unpaired) electrons. The average molecular weight is 251 g/mol. The summed E-state index contributed by atoms with van der Waals surface area (Å²) in [4.78, 5) is 11.8. The molecule has 1 rings (SSSR count). The summed E-state index contributed by atoms with van der Waals surface area (Å²) < 4.78 is 12.9. The molecule has 2 nitrogen and oxygen atoms in total. The normalized spacial score (nSPS) is 12.5. The van der Waals surface area contributed by atoms with Gasteiger partial charge in [0.25, 0.3) is 0 Å². The summed E-state index contributed by atoms with van der Waals surface area (Å²) in [5.41, 5.74) is 1.04. The highest BCUT2D eigenvalue weighted by molar-refractivity contribution is 5.77. The van der Waals surface area contributed by atoms with E-state index in [1.54, 1.807) is 12.1 Å². The van der Waals surface area contributed by atoms with Crippen molar-refractivity contribution in [3.63, 3.8) is 0 Å². The van der Waals surface area contributed by atoms with E-state index in [1.165, 1.54) is 12.1 Å². The predicted octanol–water partition coefficient (Wildman–Crippen LogP) is 3.62. The summed E-state index contributed by atoms with van der Waals surface area (Å²) >= 11 is 0. The molecule has 0 bridgehead atoms. The highest BCUT2D eigenvalue weighted by Gasteiger charge is 2.15. The Morgan fingerprint density at radius 2 is 1.89 bits per heavy atom. The molecule has 3 heteroatoms. The number of hydrogen-bond acceptors (Lipinski definition) is 1. The molecule has 1 amide bonds. The van der Waals surface area contributed by atoms with E-state index < -0.39 is 0 Å². The minimum atomic E-state index is -0.236. The third kappa shape index (κ3) is 4.86. The van der Waals surface area contributed by atoms with Gasteiger partial charge in [-0.25, -0.2) is 4.39 Å². The van der Waals surface area contributed by atoms with E-state index in [-0.39, 0.29) is 23.7 Å². The molecule has 0 aliphatic carbocycles. The molecule has 100 valence electrons. The van der Waals surface area contributed by atoms with Crippen molar-refractivity contribution in [1.82, 2.24) is 5.32 Å². The lowest BCUT2D eigenvalue weighted by molar-refractivity contribution is -0.122. The maximum absolute atomic E-state index is 12.9. The smallest absolute Gasteiger partial charge is 0.220 e. The molecule has 1 aromatic carbocycles. The fourth-order valence-corrected chi connectivity index (χ4v) is 2.07. The molecule has 1 unspecified atom stereocenters. The van der Waals surface area contributed by atoms with Gasteiger partial charge in [-0.2, -0.15) is 0 Å². The first-order chi connectivity index (χ1) is 8.52. The first-order valence-corrected chi connectivity index (χ1v) is 6.57. The third-order valence-electron chi connectivity index (χ3n) is 2.86. The molecular formula is C15H22FNO. The van der Waals surface area contributed by atoms with Crippen molar-refractivity contribution in [2.45, 2.75) is 52.0 Å². The Hall–Kier alpha value is -1.38. The summed E-state index contributed by atoms with van der Waals surface area (Å²) in [6.45, 7) is 5.99. The van der Waals surface area contributed by atoms with Crippen LogP contribution in [-0.4, -0.2) is 11.9 Å². The van der Waals surface area contributed by atoms with Crippen LogP contribution in [0, 0.1) is 5.82 Å². The Kier molecular flexibility index (Phi) is 5.83. The van der Waals surface area contributed by atoms with Crippen LogP contribution >= 0.6 is 0 Å². The summed E-state index contributed by atoms with van der Waals surface area (Å²) in [7, 11) is 0. The second-order valence-corrected chi connectivity index (χ2v) is 4.96. The van der Waals surface area contributed by atoms with Gasteiger partial charge in [-0.1, -0.05) is 25.5 Å². The molecular weight excluding hydrogens is 229 g/mol. The minimum absolute atomic E-state index is 0.0628. The van der Waals surface area contributed by atoms with Gasteiger partial charge in [0.05, 0.1) is 0 Å². The highest BCUT2D eigenvalue weighted by atomic mass is 19.1. The zero-order chi connectivity index (χ0) is 13.5. The van der Waals surface area contributed by atoms with E-state index in [1.807, 2.05) is 13.8 Å². The summed E-state index contributed by atoms with van der Waals surface area (Å²) in [5.74, 6) is 0.00255. The van der Waals surface area contributed by atoms with Crippen LogP contribution in [0.15, 0.2) is 24.3 Å². The number of nitrogens with one attached hydrogen (secondary N) is 1. The van der Waals surface area contributed by atoms with Crippen LogP contribution < -0.4 is 5.32 Å². The molecule has 0 aliphatic heterocycles. The molecule has 0 fully saturated rings. The minimum Gasteiger partial charge on any atom is -0.354 e. The van der Waals surface area contributed by atoms with E-state index in [9.17, 15) is 9.18 Å². The molecule has 0 saturated heterocycles. The second-order valence-electron chi connectivity index (χ2n) is 4.96. The largest absolute Gasteiger partial charge is 0.354 e. The Morgan fingerprint density at radius 3 is 2.39 bits per heavy atom. The summed E-state index contributed by atoms with van der Waals surface area (Å²) in [6, 6.07) is 6.63. The fourth-order valence-electron chi connectivity index (χ4n) is 2.07. The number of carbonyl (C=O) groups excluding carboxylic acids is 1. The maximum atomic E-state index is 12.9. The van der Waals surface area contributed by atoms with Crippen molar-refractivity contribution in [3.8, 4) is 0 Å². The van der Waals surface area contributed by atoms with Crippen LogP contribution in [0.4, 0.5) is 4.39 Å². The zero-order valence-electron chi connectivity index (χ0n) is 11.4. The Balaban J connectivity index is 2.70. The van der Waals surface area contributed by atoms with Crippen molar-refractivity contribution >= 4 is 5.91 Å². The zero-order valence-corrected chi connectivity index (χ0v) is 11.4. The van der Waals surface area contributed by atoms with Crippen LogP contribution in [0.5, 0.6) is 0 Å². The molecule has 0 saturated carbocycles. The van der Waals surface area contributed by atoms with Crippen LogP contribution in [0.25, 0.3) is 0 Å². The fraction of sp³-hybridized carbons (Fsp3) is 0.533. The van der Waals surface area contributed by atoms with Gasteiger partial charge in [0, 0.05) is 12.5 Å². The SMILES string of the molecule is CCCC(CC(=O)NC(C)C)c1ccc(F)cc1. The molecule has 0 spiro atoms. The Morgan fingerprint density at radius 1 is 1.28 bits per heavy atom. The van der Waals surface area contributed by atoms with Gasteiger partial charge < -0.3 is 5.32 Å². The quantitative estimate of drug-likeness (QED) is 0.822. The number of amides is 1. The van der Waals surface area contributed by atoms with Crippen LogP contribution in [0.2, 0.25) is 0 Å². The number of benzene rings is 1. The molecule has 1 N–H and O–H groups in total. The van der Waals surface area contributed by atoms with Crippen LogP contribution in [0.3, 0.4) is 0 Å². The van der Waals surface area contributed by atoms with Crippen LogP contribution in [-0.2, 0) is 4.79 Å². The molecule has 0 aliphatic rings. The maximum Gasteiger partial charge on any atom is 0.220 e. The Labute approximate surface area is 109 Å².